The van der Waals surface area contributed by atoms with Gasteiger partial charge in [-0.05, 0) is 36.4 Å². The minimum atomic E-state index is -0.947. The highest BCUT2D eigenvalue weighted by Gasteiger charge is 2.10. The fourth-order valence-corrected chi connectivity index (χ4v) is 2.41. The van der Waals surface area contributed by atoms with E-state index in [1.165, 1.54) is 0 Å². The number of ether oxygens (including phenoxy) is 1. The van der Waals surface area contributed by atoms with Crippen molar-refractivity contribution in [2.45, 2.75) is 6.61 Å². The summed E-state index contributed by atoms with van der Waals surface area (Å²) in [4.78, 5) is 11.0. The first-order chi connectivity index (χ1) is 10.6. The molecule has 0 radical (unpaired) electrons. The first-order valence-electron chi connectivity index (χ1n) is 6.78. The van der Waals surface area contributed by atoms with Crippen molar-refractivity contribution >= 4 is 16.9 Å². The van der Waals surface area contributed by atoms with Crippen LogP contribution < -0.4 is 4.74 Å². The molecule has 5 heteroatoms. The predicted octanol–water partition coefficient (Wildman–Crippen LogP) is 3.16. The van der Waals surface area contributed by atoms with Gasteiger partial charge in [0.2, 0.25) is 0 Å². The minimum absolute atomic E-state index is 0.0921. The Morgan fingerprint density at radius 2 is 1.95 bits per heavy atom. The summed E-state index contributed by atoms with van der Waals surface area (Å²) in [5.74, 6) is -0.439. The number of para-hydroxylation sites is 2. The van der Waals surface area contributed by atoms with Gasteiger partial charge >= 0.3 is 5.97 Å². The van der Waals surface area contributed by atoms with Crippen LogP contribution >= 0.6 is 0 Å². The molecule has 3 aromatic rings. The van der Waals surface area contributed by atoms with Crippen LogP contribution in [0, 0.1) is 0 Å². The highest BCUT2D eigenvalue weighted by Crippen LogP contribution is 2.26. The second-order valence-electron chi connectivity index (χ2n) is 5.03. The number of carbonyl (C=O) groups is 1. The second-order valence-corrected chi connectivity index (χ2v) is 5.03. The number of hydrogen-bond acceptors (Lipinski definition) is 3. The topological polar surface area (TPSA) is 71.7 Å². The molecule has 0 saturated carbocycles. The zero-order chi connectivity index (χ0) is 15.7. The first kappa shape index (κ1) is 14.0. The third-order valence-electron chi connectivity index (χ3n) is 3.63. The van der Waals surface area contributed by atoms with E-state index in [1.54, 1.807) is 42.5 Å². The third-order valence-corrected chi connectivity index (χ3v) is 3.63. The molecule has 0 bridgehead atoms. The summed E-state index contributed by atoms with van der Waals surface area (Å²) in [6, 6.07) is 13.7. The van der Waals surface area contributed by atoms with Crippen LogP contribution in [-0.2, 0) is 13.7 Å². The first-order valence-corrected chi connectivity index (χ1v) is 6.78. The number of aryl methyl sites for hydroxylation is 1. The van der Waals surface area contributed by atoms with E-state index in [0.29, 0.717) is 5.75 Å². The molecule has 22 heavy (non-hydrogen) atoms. The number of nitrogens with zero attached hydrogens (tertiary/aromatic N) is 1. The average molecular weight is 297 g/mol. The number of benzene rings is 2. The molecule has 0 saturated heterocycles. The molecule has 0 atom stereocenters. The summed E-state index contributed by atoms with van der Waals surface area (Å²) in [6.07, 6.45) is 0. The van der Waals surface area contributed by atoms with Crippen molar-refractivity contribution in [2.24, 2.45) is 7.05 Å². The van der Waals surface area contributed by atoms with Crippen LogP contribution in [-0.4, -0.2) is 20.7 Å². The molecule has 112 valence electrons. The summed E-state index contributed by atoms with van der Waals surface area (Å²) in [7, 11) is 1.90. The Hall–Kier alpha value is -2.95. The Morgan fingerprint density at radius 1 is 1.18 bits per heavy atom. The summed E-state index contributed by atoms with van der Waals surface area (Å²) in [5, 5.41) is 19.6. The van der Waals surface area contributed by atoms with Crippen molar-refractivity contribution in [1.82, 2.24) is 4.57 Å². The lowest BCUT2D eigenvalue weighted by atomic mass is 10.1. The minimum Gasteiger partial charge on any atom is -0.504 e. The van der Waals surface area contributed by atoms with Gasteiger partial charge in [-0.1, -0.05) is 12.1 Å². The summed E-state index contributed by atoms with van der Waals surface area (Å²) < 4.78 is 7.57. The largest absolute Gasteiger partial charge is 0.504 e. The van der Waals surface area contributed by atoms with Gasteiger partial charge in [0.15, 0.2) is 11.5 Å². The number of aromatic carboxylic acids is 1. The Kier molecular flexibility index (Phi) is 3.47. The maximum absolute atomic E-state index is 11.0. The van der Waals surface area contributed by atoms with Crippen LogP contribution in [0.3, 0.4) is 0 Å². The maximum Gasteiger partial charge on any atom is 0.335 e. The fraction of sp³-hybridized carbons (Fsp3) is 0.118. The number of carboxylic acids is 1. The number of fused-ring (bicyclic) bond motifs is 1. The van der Waals surface area contributed by atoms with Gasteiger partial charge < -0.3 is 19.5 Å². The van der Waals surface area contributed by atoms with Gasteiger partial charge in [0.1, 0.15) is 6.61 Å². The van der Waals surface area contributed by atoms with E-state index in [2.05, 4.69) is 0 Å². The molecule has 2 aromatic carbocycles. The van der Waals surface area contributed by atoms with E-state index < -0.39 is 5.97 Å². The summed E-state index contributed by atoms with van der Waals surface area (Å²) in [5.41, 5.74) is 2.08. The number of hydrogen-bond donors (Lipinski definition) is 2. The van der Waals surface area contributed by atoms with Crippen LogP contribution in [0.15, 0.2) is 48.5 Å². The lowest BCUT2D eigenvalue weighted by Crippen LogP contribution is -2.01. The van der Waals surface area contributed by atoms with Crippen LogP contribution in [0.4, 0.5) is 0 Å². The van der Waals surface area contributed by atoms with Crippen molar-refractivity contribution < 1.29 is 19.7 Å². The van der Waals surface area contributed by atoms with E-state index >= 15 is 0 Å². The monoisotopic (exact) mass is 297 g/mol. The Bertz CT molecular complexity index is 851. The Labute approximate surface area is 127 Å². The quantitative estimate of drug-likeness (QED) is 0.776. The normalized spacial score (nSPS) is 10.8. The second kappa shape index (κ2) is 5.44. The molecule has 0 aliphatic rings. The van der Waals surface area contributed by atoms with Crippen LogP contribution in [0.5, 0.6) is 11.5 Å². The number of aromatic hydroxyl groups is 1. The molecule has 5 nitrogen and oxygen atoms in total. The lowest BCUT2D eigenvalue weighted by molar-refractivity contribution is 0.0697. The number of rotatable bonds is 4. The molecule has 0 fully saturated rings. The number of carboxylic acid groups (broad SMARTS) is 1. The maximum atomic E-state index is 11.0. The number of phenolic OH excluding ortho intramolecular Hbond substituents is 1. The van der Waals surface area contributed by atoms with Crippen LogP contribution in [0.1, 0.15) is 16.1 Å². The van der Waals surface area contributed by atoms with Crippen molar-refractivity contribution in [3.05, 3.63) is 59.8 Å². The Balaban J connectivity index is 1.89. The van der Waals surface area contributed by atoms with E-state index in [1.807, 2.05) is 17.7 Å². The smallest absolute Gasteiger partial charge is 0.335 e. The van der Waals surface area contributed by atoms with Gasteiger partial charge in [0.05, 0.1) is 11.3 Å². The molecule has 0 spiro atoms. The standard InChI is InChI=1S/C17H15NO4/c1-18-13(10-22-16-5-3-2-4-15(16)19)9-12-8-11(17(20)21)6-7-14(12)18/h2-9,19H,10H2,1H3,(H,20,21). The average Bonchev–Trinajstić information content (AvgIpc) is 2.82. The highest BCUT2D eigenvalue weighted by atomic mass is 16.5. The highest BCUT2D eigenvalue weighted by molar-refractivity contribution is 5.94. The van der Waals surface area contributed by atoms with Gasteiger partial charge in [-0.2, -0.15) is 0 Å². The molecule has 1 heterocycles. The predicted molar refractivity (Wildman–Crippen MR) is 82.3 cm³/mol. The van der Waals surface area contributed by atoms with E-state index in [9.17, 15) is 9.90 Å². The van der Waals surface area contributed by atoms with Crippen molar-refractivity contribution in [3.63, 3.8) is 0 Å². The Morgan fingerprint density at radius 3 is 2.68 bits per heavy atom. The van der Waals surface area contributed by atoms with Crippen molar-refractivity contribution in [3.8, 4) is 11.5 Å². The summed E-state index contributed by atoms with van der Waals surface area (Å²) in [6.45, 7) is 0.283. The van der Waals surface area contributed by atoms with Gasteiger partial charge in [0, 0.05) is 18.0 Å². The summed E-state index contributed by atoms with van der Waals surface area (Å²) >= 11 is 0. The van der Waals surface area contributed by atoms with Crippen LogP contribution in [0.25, 0.3) is 10.9 Å². The van der Waals surface area contributed by atoms with Gasteiger partial charge in [0.25, 0.3) is 0 Å². The van der Waals surface area contributed by atoms with Crippen molar-refractivity contribution in [2.75, 3.05) is 0 Å². The van der Waals surface area contributed by atoms with E-state index in [0.717, 1.165) is 16.6 Å². The van der Waals surface area contributed by atoms with E-state index in [4.69, 9.17) is 9.84 Å². The SMILES string of the molecule is Cn1c(COc2ccccc2O)cc2cc(C(=O)O)ccc21. The van der Waals surface area contributed by atoms with Crippen LogP contribution in [0.2, 0.25) is 0 Å². The molecule has 3 rings (SSSR count). The zero-order valence-corrected chi connectivity index (χ0v) is 12.0. The third kappa shape index (κ3) is 2.48. The molecule has 2 N–H and O–H groups in total. The molecule has 1 aromatic heterocycles. The molecule has 0 aliphatic heterocycles. The zero-order valence-electron chi connectivity index (χ0n) is 12.0. The number of phenols is 1. The molecule has 0 aliphatic carbocycles. The van der Waals surface area contributed by atoms with E-state index in [-0.39, 0.29) is 17.9 Å². The van der Waals surface area contributed by atoms with Gasteiger partial charge in [-0.15, -0.1) is 0 Å². The van der Waals surface area contributed by atoms with Gasteiger partial charge in [-0.3, -0.25) is 0 Å². The lowest BCUT2D eigenvalue weighted by Gasteiger charge is -2.08. The molecular formula is C17H15NO4. The fourth-order valence-electron chi connectivity index (χ4n) is 2.41. The molecule has 0 amide bonds. The van der Waals surface area contributed by atoms with Crippen molar-refractivity contribution in [1.29, 1.82) is 0 Å². The number of aromatic nitrogens is 1. The van der Waals surface area contributed by atoms with Gasteiger partial charge in [-0.25, -0.2) is 4.79 Å². The molecule has 0 unspecified atom stereocenters. The molecular weight excluding hydrogens is 282 g/mol.